The summed E-state index contributed by atoms with van der Waals surface area (Å²) in [7, 11) is 0. The Hall–Kier alpha value is -0.420. The molecule has 1 aliphatic rings. The van der Waals surface area contributed by atoms with Gasteiger partial charge in [0.25, 0.3) is 0 Å². The quantitative estimate of drug-likeness (QED) is 0.503. The van der Waals surface area contributed by atoms with Crippen LogP contribution in [-0.4, -0.2) is 40.5 Å². The van der Waals surface area contributed by atoms with E-state index in [1.54, 1.807) is 6.26 Å². The van der Waals surface area contributed by atoms with Crippen LogP contribution in [0.3, 0.4) is 0 Å². The maximum absolute atomic E-state index is 11.1. The molecule has 4 nitrogen and oxygen atoms in total. The molecular formula is C13H25NO3S. The Kier molecular flexibility index (Phi) is 6.29. The number of amides is 1. The minimum absolute atomic E-state index is 0.0373. The predicted octanol–water partition coefficient (Wildman–Crippen LogP) is 2.11. The van der Waals surface area contributed by atoms with Gasteiger partial charge in [0.05, 0.1) is 6.61 Å². The first kappa shape index (κ1) is 15.6. The Morgan fingerprint density at radius 1 is 1.56 bits per heavy atom. The van der Waals surface area contributed by atoms with Crippen LogP contribution in [0.25, 0.3) is 0 Å². The predicted molar refractivity (Wildman–Crippen MR) is 73.4 cm³/mol. The van der Waals surface area contributed by atoms with Gasteiger partial charge < -0.3 is 4.90 Å². The normalized spacial score (nSPS) is 29.5. The largest absolute Gasteiger partial charge is 0.340 e. The minimum atomic E-state index is -1.16. The fourth-order valence-electron chi connectivity index (χ4n) is 3.00. The smallest absolute Gasteiger partial charge is 0.210 e. The molecule has 106 valence electrons. The van der Waals surface area contributed by atoms with Crippen molar-refractivity contribution in [2.24, 2.45) is 5.92 Å². The van der Waals surface area contributed by atoms with Crippen LogP contribution in [0.2, 0.25) is 0 Å². The average Bonchev–Trinajstić information content (AvgIpc) is 2.61. The van der Waals surface area contributed by atoms with Crippen molar-refractivity contribution in [2.45, 2.75) is 51.5 Å². The fourth-order valence-corrected chi connectivity index (χ4v) is 3.35. The highest BCUT2D eigenvalue weighted by molar-refractivity contribution is 7.79. The Labute approximate surface area is 113 Å². The summed E-state index contributed by atoms with van der Waals surface area (Å²) in [6, 6.07) is 0. The van der Waals surface area contributed by atoms with Crippen LogP contribution >= 0.6 is 0 Å². The lowest BCUT2D eigenvalue weighted by molar-refractivity contribution is -0.121. The number of rotatable bonds is 8. The summed E-state index contributed by atoms with van der Waals surface area (Å²) < 4.78 is 15.8. The monoisotopic (exact) mass is 275 g/mol. The summed E-state index contributed by atoms with van der Waals surface area (Å²) in [5.74, 6) is 0.556. The summed E-state index contributed by atoms with van der Waals surface area (Å²) in [6.07, 6.45) is 7.74. The van der Waals surface area contributed by atoms with E-state index >= 15 is 0 Å². The van der Waals surface area contributed by atoms with E-state index in [1.807, 2.05) is 4.90 Å². The van der Waals surface area contributed by atoms with Crippen molar-refractivity contribution in [3.8, 4) is 0 Å². The third-order valence-corrected chi connectivity index (χ3v) is 4.30. The molecular weight excluding hydrogens is 250 g/mol. The molecule has 1 heterocycles. The van der Waals surface area contributed by atoms with E-state index in [0.717, 1.165) is 45.1 Å². The number of likely N-dealkylation sites (tertiary alicyclic amines) is 1. The van der Waals surface area contributed by atoms with Crippen LogP contribution in [-0.2, 0) is 20.1 Å². The summed E-state index contributed by atoms with van der Waals surface area (Å²) in [6.45, 7) is 5.74. The van der Waals surface area contributed by atoms with E-state index in [9.17, 15) is 9.00 Å². The zero-order valence-corrected chi connectivity index (χ0v) is 12.5. The summed E-state index contributed by atoms with van der Waals surface area (Å²) in [5, 5.41) is 0. The zero-order chi connectivity index (χ0) is 13.6. The molecule has 0 aromatic carbocycles. The van der Waals surface area contributed by atoms with Crippen molar-refractivity contribution >= 4 is 17.5 Å². The van der Waals surface area contributed by atoms with Gasteiger partial charge >= 0.3 is 0 Å². The first-order valence-electron chi connectivity index (χ1n) is 6.70. The van der Waals surface area contributed by atoms with Gasteiger partial charge in [-0.05, 0) is 38.5 Å². The Balaban J connectivity index is 2.37. The van der Waals surface area contributed by atoms with Crippen molar-refractivity contribution in [3.05, 3.63) is 0 Å². The van der Waals surface area contributed by atoms with Crippen molar-refractivity contribution < 1.29 is 13.2 Å². The lowest BCUT2D eigenvalue weighted by Gasteiger charge is -2.31. The summed E-state index contributed by atoms with van der Waals surface area (Å²) in [4.78, 5) is 13.1. The molecule has 3 atom stereocenters. The molecule has 0 spiro atoms. The van der Waals surface area contributed by atoms with Gasteiger partial charge in [0.2, 0.25) is 6.41 Å². The molecule has 18 heavy (non-hydrogen) atoms. The van der Waals surface area contributed by atoms with E-state index in [0.29, 0.717) is 12.5 Å². The number of hydrogen-bond donors (Lipinski definition) is 0. The van der Waals surface area contributed by atoms with Crippen LogP contribution in [0, 0.1) is 5.92 Å². The average molecular weight is 275 g/mol. The van der Waals surface area contributed by atoms with Crippen LogP contribution in [0.15, 0.2) is 0 Å². The van der Waals surface area contributed by atoms with E-state index < -0.39 is 11.1 Å². The molecule has 5 heteroatoms. The molecule has 0 N–H and O–H groups in total. The lowest BCUT2D eigenvalue weighted by Crippen LogP contribution is -2.39. The Bertz CT molecular complexity index is 298. The van der Waals surface area contributed by atoms with Gasteiger partial charge in [0.1, 0.15) is 0 Å². The summed E-state index contributed by atoms with van der Waals surface area (Å²) >= 11 is -1.16. The van der Waals surface area contributed by atoms with Crippen LogP contribution in [0.5, 0.6) is 0 Å². The van der Waals surface area contributed by atoms with Gasteiger partial charge in [0, 0.05) is 18.3 Å². The number of carbonyl (C=O) groups is 1. The highest BCUT2D eigenvalue weighted by Crippen LogP contribution is 2.37. The molecule has 1 aliphatic heterocycles. The van der Waals surface area contributed by atoms with Crippen LogP contribution in [0.1, 0.15) is 46.0 Å². The number of nitrogens with zero attached hydrogens (tertiary/aromatic N) is 1. The standard InChI is InChI=1S/C13H25NO3S/c1-4-7-13(2)9-12(10-14(13)11-15)6-5-8-17-18(3)16/h11-12H,4-10H2,1-3H3. The van der Waals surface area contributed by atoms with Gasteiger partial charge in [-0.1, -0.05) is 13.3 Å². The third-order valence-electron chi connectivity index (χ3n) is 3.80. The van der Waals surface area contributed by atoms with E-state index in [2.05, 4.69) is 13.8 Å². The van der Waals surface area contributed by atoms with Crippen LogP contribution in [0.4, 0.5) is 0 Å². The topological polar surface area (TPSA) is 46.6 Å². The minimum Gasteiger partial charge on any atom is -0.340 e. The lowest BCUT2D eigenvalue weighted by atomic mass is 9.88. The second kappa shape index (κ2) is 7.24. The van der Waals surface area contributed by atoms with Gasteiger partial charge in [-0.15, -0.1) is 0 Å². The first-order valence-corrected chi connectivity index (χ1v) is 8.19. The third kappa shape index (κ3) is 4.35. The fraction of sp³-hybridized carbons (Fsp3) is 0.923. The molecule has 0 aromatic heterocycles. The molecule has 1 saturated heterocycles. The van der Waals surface area contributed by atoms with Gasteiger partial charge in [-0.3, -0.25) is 8.98 Å². The van der Waals surface area contributed by atoms with Crippen molar-refractivity contribution in [1.82, 2.24) is 4.90 Å². The van der Waals surface area contributed by atoms with Crippen molar-refractivity contribution in [3.63, 3.8) is 0 Å². The molecule has 3 unspecified atom stereocenters. The van der Waals surface area contributed by atoms with Gasteiger partial charge in [-0.2, -0.15) is 0 Å². The van der Waals surface area contributed by atoms with E-state index in [-0.39, 0.29) is 5.54 Å². The second-order valence-electron chi connectivity index (χ2n) is 5.44. The molecule has 0 radical (unpaired) electrons. The highest BCUT2D eigenvalue weighted by atomic mass is 32.2. The number of hydrogen-bond acceptors (Lipinski definition) is 3. The molecule has 1 amide bonds. The van der Waals surface area contributed by atoms with E-state index in [4.69, 9.17) is 4.18 Å². The van der Waals surface area contributed by atoms with Crippen molar-refractivity contribution in [2.75, 3.05) is 19.4 Å². The van der Waals surface area contributed by atoms with Crippen LogP contribution < -0.4 is 0 Å². The maximum Gasteiger partial charge on any atom is 0.210 e. The highest BCUT2D eigenvalue weighted by Gasteiger charge is 2.39. The van der Waals surface area contributed by atoms with Crippen molar-refractivity contribution in [1.29, 1.82) is 0 Å². The second-order valence-corrected chi connectivity index (χ2v) is 6.48. The maximum atomic E-state index is 11.1. The Morgan fingerprint density at radius 2 is 2.28 bits per heavy atom. The molecule has 0 saturated carbocycles. The van der Waals surface area contributed by atoms with Gasteiger partial charge in [0.15, 0.2) is 11.1 Å². The zero-order valence-electron chi connectivity index (χ0n) is 11.7. The SMILES string of the molecule is CCCC1(C)CC(CCCOS(C)=O)CN1C=O. The Morgan fingerprint density at radius 3 is 2.83 bits per heavy atom. The van der Waals surface area contributed by atoms with E-state index in [1.165, 1.54) is 0 Å². The first-order chi connectivity index (χ1) is 8.51. The molecule has 1 fully saturated rings. The van der Waals surface area contributed by atoms with Gasteiger partial charge in [-0.25, -0.2) is 4.21 Å². The molecule has 1 rings (SSSR count). The summed E-state index contributed by atoms with van der Waals surface area (Å²) in [5.41, 5.74) is 0.0373. The molecule has 0 bridgehead atoms. The molecule has 0 aliphatic carbocycles. The number of carbonyl (C=O) groups excluding carboxylic acids is 1. The molecule has 0 aromatic rings.